The molecule has 0 rings (SSSR count). The topological polar surface area (TPSA) is 52.9 Å². The van der Waals surface area contributed by atoms with Crippen LogP contribution in [0, 0.1) is 11.8 Å². The Morgan fingerprint density at radius 1 is 0.552 bits per heavy atom. The van der Waals surface area contributed by atoms with Gasteiger partial charge in [-0.05, 0) is 0 Å². The normalized spacial score (nSPS) is 12.5. The van der Waals surface area contributed by atoms with Crippen LogP contribution >= 0.6 is 0 Å². The first kappa shape index (κ1) is 33.8. The Bertz CT molecular complexity index is 409. The van der Waals surface area contributed by atoms with Gasteiger partial charge < -0.3 is 10.6 Å². The van der Waals surface area contributed by atoms with Crippen LogP contribution in [0.2, 0.25) is 0 Å². The molecule has 29 heavy (non-hydrogen) atoms. The molecule has 0 bridgehead atoms. The zero-order valence-electron chi connectivity index (χ0n) is 22.8. The third-order valence-electron chi connectivity index (χ3n) is 2.49. The van der Waals surface area contributed by atoms with Crippen LogP contribution in [0.3, 0.4) is 0 Å². The second-order valence-corrected chi connectivity index (χ2v) is 13.7. The number of hydrogen-bond acceptors (Lipinski definition) is 2. The van der Waals surface area contributed by atoms with E-state index < -0.39 is 18.2 Å². The summed E-state index contributed by atoms with van der Waals surface area (Å²) in [5.74, 6) is 1.40. The van der Waals surface area contributed by atoms with Gasteiger partial charge in [0.15, 0.2) is 0 Å². The molecule has 0 unspecified atom stereocenters. The summed E-state index contributed by atoms with van der Waals surface area (Å²) < 4.78 is 9.01. The van der Waals surface area contributed by atoms with Crippen LogP contribution in [0.25, 0.3) is 10.6 Å². The second kappa shape index (κ2) is 15.1. The van der Waals surface area contributed by atoms with Gasteiger partial charge in [-0.1, -0.05) is 81.1 Å². The van der Waals surface area contributed by atoms with Crippen LogP contribution in [0.15, 0.2) is 6.99 Å². The minimum atomic E-state index is -0.473. The number of rotatable bonds is 4. The SMILES string of the molecule is CC(C)(C)[N]=[Mo+2]=[N]C(C)(C)C.CC(C)C[N-]C(C)(C)C.CC(C)C[N-]C(C)(C)C. The molecule has 176 valence electrons. The van der Waals surface area contributed by atoms with Gasteiger partial charge in [0.05, 0.1) is 0 Å². The van der Waals surface area contributed by atoms with Crippen molar-refractivity contribution in [3.8, 4) is 0 Å². The summed E-state index contributed by atoms with van der Waals surface area (Å²) in [5, 5.41) is 8.91. The minimum Gasteiger partial charge on any atom is -0.657 e. The van der Waals surface area contributed by atoms with E-state index >= 15 is 0 Å². The molecule has 0 radical (unpaired) electrons. The zero-order chi connectivity index (χ0) is 24.1. The summed E-state index contributed by atoms with van der Waals surface area (Å²) in [7, 11) is 0. The van der Waals surface area contributed by atoms with Crippen molar-refractivity contribution < 1.29 is 18.2 Å². The smallest absolute Gasteiger partial charge is 0.0644 e. The fourth-order valence-electron chi connectivity index (χ4n) is 1.18. The molecule has 5 heteroatoms. The van der Waals surface area contributed by atoms with E-state index in [0.717, 1.165) is 13.1 Å². The van der Waals surface area contributed by atoms with Crippen LogP contribution in [-0.4, -0.2) is 35.2 Å². The Hall–Kier alpha value is 0.208. The van der Waals surface area contributed by atoms with E-state index in [1.54, 1.807) is 0 Å². The molecule has 0 fully saturated rings. The van der Waals surface area contributed by atoms with Gasteiger partial charge in [0.25, 0.3) is 0 Å². The van der Waals surface area contributed by atoms with Gasteiger partial charge in [-0.25, -0.2) is 0 Å². The molecule has 0 atom stereocenters. The van der Waals surface area contributed by atoms with E-state index in [1.165, 1.54) is 0 Å². The molecule has 0 N–H and O–H groups in total. The maximum absolute atomic E-state index is 4.51. The van der Waals surface area contributed by atoms with Crippen LogP contribution in [0.4, 0.5) is 0 Å². The molecule has 0 spiro atoms. The molecule has 0 heterocycles. The van der Waals surface area contributed by atoms with Crippen molar-refractivity contribution in [2.45, 2.75) is 133 Å². The fraction of sp³-hybridized carbons (Fsp3) is 1.00. The van der Waals surface area contributed by atoms with Gasteiger partial charge in [0, 0.05) is 0 Å². The summed E-state index contributed by atoms with van der Waals surface area (Å²) in [6.45, 7) is 36.3. The molecule has 0 aliphatic carbocycles. The largest absolute Gasteiger partial charge is 0.657 e. The summed E-state index contributed by atoms with van der Waals surface area (Å²) in [6, 6.07) is 0. The Morgan fingerprint density at radius 3 is 0.897 bits per heavy atom. The van der Waals surface area contributed by atoms with Gasteiger partial charge in [0.1, 0.15) is 0 Å². The van der Waals surface area contributed by atoms with E-state index in [1.807, 2.05) is 0 Å². The molecule has 0 aromatic heterocycles. The van der Waals surface area contributed by atoms with E-state index in [0.29, 0.717) is 11.8 Å². The van der Waals surface area contributed by atoms with Crippen molar-refractivity contribution in [2.75, 3.05) is 13.1 Å². The van der Waals surface area contributed by atoms with Crippen molar-refractivity contribution in [3.05, 3.63) is 10.6 Å². The molecular formula is C24H54MoN4. The summed E-state index contributed by atoms with van der Waals surface area (Å²) in [4.78, 5) is 0. The zero-order valence-corrected chi connectivity index (χ0v) is 24.8. The summed E-state index contributed by atoms with van der Waals surface area (Å²) >= 11 is -0.473. The predicted molar refractivity (Wildman–Crippen MR) is 130 cm³/mol. The molecule has 0 saturated heterocycles. The first-order chi connectivity index (χ1) is 12.5. The molecule has 0 aliphatic rings. The van der Waals surface area contributed by atoms with Crippen molar-refractivity contribution in [1.82, 2.24) is 0 Å². The van der Waals surface area contributed by atoms with Gasteiger partial charge in [0.2, 0.25) is 0 Å². The first-order valence-corrected chi connectivity index (χ1v) is 12.8. The Kier molecular flexibility index (Phi) is 17.6. The van der Waals surface area contributed by atoms with Crippen molar-refractivity contribution in [1.29, 1.82) is 0 Å². The van der Waals surface area contributed by atoms with Gasteiger partial charge in [-0.3, -0.25) is 0 Å². The standard InChI is InChI=1S/2C8H18N.2C4H9N.Mo/c2*1-7(2)6-9-8(3,4)5;2*1-4(2,3)5;/h2*7H,6H2,1-5H3;2*1-3H3;/q2*-1;;;+2. The van der Waals surface area contributed by atoms with Crippen molar-refractivity contribution >= 4 is 0 Å². The summed E-state index contributed by atoms with van der Waals surface area (Å²) in [5.41, 5.74) is 0.530. The Labute approximate surface area is 193 Å². The minimum absolute atomic E-state index is 0.108. The molecule has 0 amide bonds. The van der Waals surface area contributed by atoms with E-state index in [9.17, 15) is 0 Å². The van der Waals surface area contributed by atoms with Crippen molar-refractivity contribution in [2.24, 2.45) is 18.8 Å². The van der Waals surface area contributed by atoms with Crippen LogP contribution < -0.4 is 0 Å². The Balaban J connectivity index is -0.000000352. The number of nitrogens with zero attached hydrogens (tertiary/aromatic N) is 4. The second-order valence-electron chi connectivity index (χ2n) is 12.4. The summed E-state index contributed by atoms with van der Waals surface area (Å²) in [6.07, 6.45) is 0. The first-order valence-electron chi connectivity index (χ1n) is 11.0. The van der Waals surface area contributed by atoms with Gasteiger partial charge in [-0.15, -0.1) is 24.2 Å². The quantitative estimate of drug-likeness (QED) is 0.351. The monoisotopic (exact) mass is 496 g/mol. The van der Waals surface area contributed by atoms with Crippen LogP contribution in [0.5, 0.6) is 0 Å². The molecular weight excluding hydrogens is 440 g/mol. The molecule has 0 saturated carbocycles. The molecule has 0 aromatic rings. The Morgan fingerprint density at radius 2 is 0.793 bits per heavy atom. The molecule has 0 aromatic carbocycles. The number of hydrogen-bond donors (Lipinski definition) is 0. The fourth-order valence-corrected chi connectivity index (χ4v) is 2.48. The van der Waals surface area contributed by atoms with E-state index in [-0.39, 0.29) is 22.2 Å². The molecule has 4 nitrogen and oxygen atoms in total. The van der Waals surface area contributed by atoms with Crippen molar-refractivity contribution in [3.63, 3.8) is 0 Å². The van der Waals surface area contributed by atoms with Gasteiger partial charge in [-0.2, -0.15) is 0 Å². The third-order valence-corrected chi connectivity index (χ3v) is 5.58. The van der Waals surface area contributed by atoms with Crippen LogP contribution in [0.1, 0.15) is 111 Å². The molecule has 0 aliphatic heterocycles. The van der Waals surface area contributed by atoms with E-state index in [4.69, 9.17) is 0 Å². The average molecular weight is 495 g/mol. The third kappa shape index (κ3) is 47.4. The van der Waals surface area contributed by atoms with Crippen LogP contribution in [-0.2, 0) is 18.2 Å². The van der Waals surface area contributed by atoms with Gasteiger partial charge >= 0.3 is 77.8 Å². The predicted octanol–water partition coefficient (Wildman–Crippen LogP) is 8.66. The van der Waals surface area contributed by atoms with E-state index in [2.05, 4.69) is 128 Å². The maximum atomic E-state index is 4.51. The maximum Gasteiger partial charge on any atom is -0.0644 e. The average Bonchev–Trinajstić information content (AvgIpc) is 2.40.